The van der Waals surface area contributed by atoms with Crippen LogP contribution in [0.25, 0.3) is 0 Å². The molecule has 1 aliphatic rings. The van der Waals surface area contributed by atoms with E-state index in [1.165, 1.54) is 6.07 Å². The van der Waals surface area contributed by atoms with Gasteiger partial charge < -0.3 is 15.2 Å². The van der Waals surface area contributed by atoms with Crippen molar-refractivity contribution in [2.24, 2.45) is 0 Å². The van der Waals surface area contributed by atoms with E-state index < -0.39 is 4.92 Å². The first-order valence-corrected chi connectivity index (χ1v) is 9.69. The molecule has 0 bridgehead atoms. The average molecular weight is 436 g/mol. The van der Waals surface area contributed by atoms with Gasteiger partial charge in [0.25, 0.3) is 5.91 Å². The minimum atomic E-state index is -0.411. The standard InChI is InChI=1S/C18H22BrN5O3/c1-11(2)16-13(19)10-14(22-16)18(25)21-12-5-8-23(9-6-12)17-15(24(26)27)4-3-7-20-17/h3-4,7,10-12,22H,5-6,8-9H2,1-2H3,(H,21,25). The van der Waals surface area contributed by atoms with Crippen LogP contribution in [0.1, 0.15) is 48.8 Å². The van der Waals surface area contributed by atoms with E-state index in [2.05, 4.69) is 45.1 Å². The van der Waals surface area contributed by atoms with Gasteiger partial charge in [-0.2, -0.15) is 0 Å². The summed E-state index contributed by atoms with van der Waals surface area (Å²) in [6.07, 6.45) is 2.97. The highest BCUT2D eigenvalue weighted by Gasteiger charge is 2.27. The molecule has 2 N–H and O–H groups in total. The van der Waals surface area contributed by atoms with Gasteiger partial charge in [0, 0.05) is 41.6 Å². The Balaban J connectivity index is 1.61. The first-order valence-electron chi connectivity index (χ1n) is 8.90. The Morgan fingerprint density at radius 3 is 2.74 bits per heavy atom. The van der Waals surface area contributed by atoms with Crippen LogP contribution in [0.2, 0.25) is 0 Å². The summed E-state index contributed by atoms with van der Waals surface area (Å²) in [5.74, 6) is 0.547. The molecule has 0 aromatic carbocycles. The van der Waals surface area contributed by atoms with E-state index in [-0.39, 0.29) is 17.6 Å². The summed E-state index contributed by atoms with van der Waals surface area (Å²) in [5, 5.41) is 14.2. The monoisotopic (exact) mass is 435 g/mol. The molecule has 0 spiro atoms. The highest BCUT2D eigenvalue weighted by Crippen LogP contribution is 2.28. The van der Waals surface area contributed by atoms with Crippen molar-refractivity contribution in [2.45, 2.75) is 38.6 Å². The van der Waals surface area contributed by atoms with E-state index >= 15 is 0 Å². The first-order chi connectivity index (χ1) is 12.9. The number of aromatic amines is 1. The first kappa shape index (κ1) is 19.3. The van der Waals surface area contributed by atoms with Gasteiger partial charge in [-0.3, -0.25) is 14.9 Å². The number of pyridine rings is 1. The predicted octanol–water partition coefficient (Wildman–Crippen LogP) is 3.60. The van der Waals surface area contributed by atoms with Crippen LogP contribution < -0.4 is 10.2 Å². The largest absolute Gasteiger partial charge is 0.353 e. The number of halogens is 1. The Kier molecular flexibility index (Phi) is 5.79. The Morgan fingerprint density at radius 1 is 1.44 bits per heavy atom. The third kappa shape index (κ3) is 4.29. The Labute approximate surface area is 165 Å². The second kappa shape index (κ2) is 8.08. The number of nitrogens with one attached hydrogen (secondary N) is 2. The number of rotatable bonds is 5. The molecular weight excluding hydrogens is 414 g/mol. The molecule has 0 aliphatic carbocycles. The molecule has 1 saturated heterocycles. The maximum atomic E-state index is 12.5. The van der Waals surface area contributed by atoms with E-state index in [4.69, 9.17) is 0 Å². The topological polar surface area (TPSA) is 104 Å². The maximum absolute atomic E-state index is 12.5. The van der Waals surface area contributed by atoms with Crippen molar-refractivity contribution in [2.75, 3.05) is 18.0 Å². The zero-order valence-electron chi connectivity index (χ0n) is 15.2. The van der Waals surface area contributed by atoms with Gasteiger partial charge in [-0.1, -0.05) is 13.8 Å². The van der Waals surface area contributed by atoms with Crippen LogP contribution in [0.5, 0.6) is 0 Å². The van der Waals surface area contributed by atoms with Gasteiger partial charge in [0.2, 0.25) is 5.82 Å². The van der Waals surface area contributed by atoms with Crippen LogP contribution in [0, 0.1) is 10.1 Å². The van der Waals surface area contributed by atoms with Crippen molar-refractivity contribution < 1.29 is 9.72 Å². The van der Waals surface area contributed by atoms with E-state index in [1.807, 2.05) is 4.90 Å². The Bertz CT molecular complexity index is 843. The fourth-order valence-corrected chi connectivity index (χ4v) is 4.05. The molecule has 3 rings (SSSR count). The highest BCUT2D eigenvalue weighted by molar-refractivity contribution is 9.10. The van der Waals surface area contributed by atoms with Gasteiger partial charge in [-0.25, -0.2) is 4.98 Å². The summed E-state index contributed by atoms with van der Waals surface area (Å²) in [4.78, 5) is 32.5. The summed E-state index contributed by atoms with van der Waals surface area (Å²) in [7, 11) is 0. The minimum Gasteiger partial charge on any atom is -0.353 e. The van der Waals surface area contributed by atoms with E-state index in [0.717, 1.165) is 10.2 Å². The van der Waals surface area contributed by atoms with Crippen molar-refractivity contribution in [1.82, 2.24) is 15.3 Å². The molecule has 1 aliphatic heterocycles. The number of piperidine rings is 1. The normalized spacial score (nSPS) is 15.2. The molecule has 27 heavy (non-hydrogen) atoms. The molecule has 0 atom stereocenters. The SMILES string of the molecule is CC(C)c1[nH]c(C(=O)NC2CCN(c3ncccc3[N+](=O)[O-])CC2)cc1Br. The number of aromatic nitrogens is 2. The van der Waals surface area contributed by atoms with Crippen molar-refractivity contribution in [3.8, 4) is 0 Å². The number of nitrogens with zero attached hydrogens (tertiary/aromatic N) is 3. The number of H-pyrrole nitrogens is 1. The van der Waals surface area contributed by atoms with E-state index in [9.17, 15) is 14.9 Å². The van der Waals surface area contributed by atoms with Crippen LogP contribution in [0.4, 0.5) is 11.5 Å². The lowest BCUT2D eigenvalue weighted by Crippen LogP contribution is -2.45. The second-order valence-electron chi connectivity index (χ2n) is 6.94. The molecular formula is C18H22BrN5O3. The summed E-state index contributed by atoms with van der Waals surface area (Å²) in [6.45, 7) is 5.33. The number of anilines is 1. The molecule has 8 nitrogen and oxygen atoms in total. The summed E-state index contributed by atoms with van der Waals surface area (Å²) < 4.78 is 0.903. The van der Waals surface area contributed by atoms with Crippen LogP contribution in [-0.4, -0.2) is 39.9 Å². The predicted molar refractivity (Wildman–Crippen MR) is 106 cm³/mol. The van der Waals surface area contributed by atoms with Gasteiger partial charge in [0.1, 0.15) is 5.69 Å². The molecule has 144 valence electrons. The van der Waals surface area contributed by atoms with Crippen LogP contribution in [-0.2, 0) is 0 Å². The van der Waals surface area contributed by atoms with Crippen LogP contribution in [0.3, 0.4) is 0 Å². The Morgan fingerprint density at radius 2 is 2.15 bits per heavy atom. The van der Waals surface area contributed by atoms with Crippen molar-refractivity contribution in [3.63, 3.8) is 0 Å². The molecule has 1 fully saturated rings. The number of nitro groups is 1. The minimum absolute atomic E-state index is 0.0115. The van der Waals surface area contributed by atoms with Gasteiger partial charge in [0.15, 0.2) is 0 Å². The summed E-state index contributed by atoms with van der Waals surface area (Å²) in [5.41, 5.74) is 1.54. The third-order valence-electron chi connectivity index (χ3n) is 4.71. The van der Waals surface area contributed by atoms with Gasteiger partial charge in [-0.15, -0.1) is 0 Å². The van der Waals surface area contributed by atoms with Gasteiger partial charge >= 0.3 is 5.69 Å². The highest BCUT2D eigenvalue weighted by atomic mass is 79.9. The Hall–Kier alpha value is -2.42. The zero-order chi connectivity index (χ0) is 19.6. The number of hydrogen-bond donors (Lipinski definition) is 2. The number of carbonyl (C=O) groups is 1. The number of carbonyl (C=O) groups excluding carboxylic acids is 1. The van der Waals surface area contributed by atoms with Crippen molar-refractivity contribution in [3.05, 3.63) is 50.4 Å². The average Bonchev–Trinajstić information content (AvgIpc) is 3.04. The summed E-state index contributed by atoms with van der Waals surface area (Å²) in [6, 6.07) is 4.86. The fraction of sp³-hybridized carbons (Fsp3) is 0.444. The molecule has 1 amide bonds. The van der Waals surface area contributed by atoms with Crippen LogP contribution in [0.15, 0.2) is 28.9 Å². The fourth-order valence-electron chi connectivity index (χ4n) is 3.26. The quantitative estimate of drug-likeness (QED) is 0.551. The lowest BCUT2D eigenvalue weighted by atomic mass is 10.0. The third-order valence-corrected chi connectivity index (χ3v) is 5.37. The molecule has 3 heterocycles. The molecule has 9 heteroatoms. The lowest BCUT2D eigenvalue weighted by Gasteiger charge is -2.32. The molecule has 0 saturated carbocycles. The molecule has 2 aromatic heterocycles. The van der Waals surface area contributed by atoms with Crippen LogP contribution >= 0.6 is 15.9 Å². The number of amides is 1. The van der Waals surface area contributed by atoms with Gasteiger partial charge in [-0.05, 0) is 46.8 Å². The lowest BCUT2D eigenvalue weighted by molar-refractivity contribution is -0.384. The zero-order valence-corrected chi connectivity index (χ0v) is 16.8. The molecule has 2 aromatic rings. The van der Waals surface area contributed by atoms with E-state index in [0.29, 0.717) is 43.4 Å². The van der Waals surface area contributed by atoms with Crippen molar-refractivity contribution >= 4 is 33.3 Å². The molecule has 0 radical (unpaired) electrons. The van der Waals surface area contributed by atoms with E-state index in [1.54, 1.807) is 18.3 Å². The van der Waals surface area contributed by atoms with Gasteiger partial charge in [0.05, 0.1) is 4.92 Å². The summed E-state index contributed by atoms with van der Waals surface area (Å²) >= 11 is 3.48. The molecule has 0 unspecified atom stereocenters. The maximum Gasteiger partial charge on any atom is 0.311 e. The number of hydrogen-bond acceptors (Lipinski definition) is 5. The smallest absolute Gasteiger partial charge is 0.311 e. The van der Waals surface area contributed by atoms with Crippen molar-refractivity contribution in [1.29, 1.82) is 0 Å². The second-order valence-corrected chi connectivity index (χ2v) is 7.79.